The van der Waals surface area contributed by atoms with Gasteiger partial charge in [0.25, 0.3) is 0 Å². The minimum atomic E-state index is -3.42. The van der Waals surface area contributed by atoms with Gasteiger partial charge >= 0.3 is 0 Å². The molecule has 0 fully saturated rings. The molecule has 12 rings (SSSR count). The van der Waals surface area contributed by atoms with Crippen LogP contribution in [-0.2, 0) is 56.7 Å². The maximum absolute atomic E-state index is 11.5. The third kappa shape index (κ3) is 13.1. The fourth-order valence-corrected chi connectivity index (χ4v) is 9.99. The summed E-state index contributed by atoms with van der Waals surface area (Å²) < 4.78 is 29.0. The predicted octanol–water partition coefficient (Wildman–Crippen LogP) is 11.9. The van der Waals surface area contributed by atoms with Crippen LogP contribution < -0.4 is 16.0 Å². The number of nitrogens with one attached hydrogen (secondary N) is 3. The highest BCUT2D eigenvalue weighted by Gasteiger charge is 2.14. The van der Waals surface area contributed by atoms with E-state index >= 15 is 0 Å². The van der Waals surface area contributed by atoms with Gasteiger partial charge in [-0.15, -0.1) is 0 Å². The maximum Gasteiger partial charge on any atom is 0.246 e. The Morgan fingerprint density at radius 1 is 0.410 bits per heavy atom. The van der Waals surface area contributed by atoms with Crippen molar-refractivity contribution in [3.05, 3.63) is 170 Å². The Bertz CT molecular complexity index is 4180. The van der Waals surface area contributed by atoms with Crippen LogP contribution in [0.2, 0.25) is 0 Å². The van der Waals surface area contributed by atoms with Crippen LogP contribution in [0.3, 0.4) is 0 Å². The van der Waals surface area contributed by atoms with Crippen LogP contribution in [0.4, 0.5) is 34.5 Å². The average molecular weight is 1140 g/mol. The molecule has 3 aromatic carbocycles. The minimum Gasteiger partial charge on any atom is -0.340 e. The number of aromatic nitrogens is 15. The molecule has 83 heavy (non-hydrogen) atoms. The number of pyridine rings is 3. The van der Waals surface area contributed by atoms with Crippen LogP contribution >= 0.6 is 11.8 Å². The van der Waals surface area contributed by atoms with Crippen LogP contribution in [0, 0.1) is 0 Å². The van der Waals surface area contributed by atoms with Gasteiger partial charge in [-0.1, -0.05) is 57.7 Å². The van der Waals surface area contributed by atoms with Crippen molar-refractivity contribution in [2.24, 2.45) is 21.1 Å². The first kappa shape index (κ1) is 56.7. The molecular weight excluding hydrogens is 1080 g/mol. The summed E-state index contributed by atoms with van der Waals surface area (Å²) in [5.41, 5.74) is 18.3. The Kier molecular flexibility index (Phi) is 17.1. The fraction of sp³-hybridized carbons (Fsp3) is 0.213. The molecule has 0 saturated carbocycles. The Morgan fingerprint density at radius 2 is 0.747 bits per heavy atom. The van der Waals surface area contributed by atoms with Gasteiger partial charge in [0.2, 0.25) is 15.0 Å². The number of thioether (sulfide) groups is 1. The maximum atomic E-state index is 11.5. The summed E-state index contributed by atoms with van der Waals surface area (Å²) in [6, 6.07) is 24.7. The molecule has 0 amide bonds. The molecule has 420 valence electrons. The van der Waals surface area contributed by atoms with Gasteiger partial charge in [0.1, 0.15) is 39.8 Å². The number of hydrogen-bond donors (Lipinski definition) is 3. The van der Waals surface area contributed by atoms with Gasteiger partial charge in [0, 0.05) is 123 Å². The summed E-state index contributed by atoms with van der Waals surface area (Å²) in [6.45, 7) is 8.43. The number of aryl methyl sites for hydroxylation is 7. The van der Waals surface area contributed by atoms with Crippen molar-refractivity contribution in [1.29, 1.82) is 0 Å². The summed E-state index contributed by atoms with van der Waals surface area (Å²) in [6.07, 6.45) is 27.8. The van der Waals surface area contributed by atoms with E-state index in [1.165, 1.54) is 23.5 Å². The minimum absolute atomic E-state index is 0.174. The van der Waals surface area contributed by atoms with Gasteiger partial charge < -0.3 is 29.7 Å². The van der Waals surface area contributed by atoms with Gasteiger partial charge in [-0.2, -0.15) is 0 Å². The first-order valence-corrected chi connectivity index (χ1v) is 30.0. The van der Waals surface area contributed by atoms with E-state index in [-0.39, 0.29) is 5.16 Å². The molecule has 3 N–H and O–H groups in total. The normalized spacial score (nSPS) is 11.3. The predicted molar refractivity (Wildman–Crippen MR) is 330 cm³/mol. The molecular formula is C61H62N18O2S2. The monoisotopic (exact) mass is 1140 g/mol. The molecule has 0 aliphatic rings. The van der Waals surface area contributed by atoms with Crippen LogP contribution in [-0.4, -0.2) is 94.4 Å². The van der Waals surface area contributed by atoms with Gasteiger partial charge in [-0.05, 0) is 95.3 Å². The van der Waals surface area contributed by atoms with Crippen LogP contribution in [0.1, 0.15) is 50.2 Å². The molecule has 9 heterocycles. The van der Waals surface area contributed by atoms with Gasteiger partial charge in [-0.25, -0.2) is 68.2 Å². The van der Waals surface area contributed by atoms with Gasteiger partial charge in [0.15, 0.2) is 5.16 Å². The fourth-order valence-electron chi connectivity index (χ4n) is 9.19. The van der Waals surface area contributed by atoms with Crippen molar-refractivity contribution < 1.29 is 8.42 Å². The first-order chi connectivity index (χ1) is 40.2. The lowest BCUT2D eigenvalue weighted by Gasteiger charge is -2.13. The van der Waals surface area contributed by atoms with Crippen molar-refractivity contribution in [3.63, 3.8) is 0 Å². The highest BCUT2D eigenvalue weighted by Crippen LogP contribution is 2.32. The Hall–Kier alpha value is -9.54. The highest BCUT2D eigenvalue weighted by molar-refractivity contribution is 7.98. The lowest BCUT2D eigenvalue weighted by Crippen LogP contribution is -2.03. The largest absolute Gasteiger partial charge is 0.340 e. The van der Waals surface area contributed by atoms with Crippen LogP contribution in [0.5, 0.6) is 0 Å². The molecule has 0 saturated heterocycles. The second-order valence-corrected chi connectivity index (χ2v) is 22.2. The number of benzene rings is 3. The van der Waals surface area contributed by atoms with E-state index in [0.717, 1.165) is 149 Å². The summed E-state index contributed by atoms with van der Waals surface area (Å²) in [4.78, 5) is 51.8. The number of fused-ring (bicyclic) bond motifs is 3. The molecule has 0 aliphatic carbocycles. The molecule has 0 bridgehead atoms. The van der Waals surface area contributed by atoms with E-state index in [0.29, 0.717) is 0 Å². The van der Waals surface area contributed by atoms with E-state index < -0.39 is 9.84 Å². The van der Waals surface area contributed by atoms with E-state index in [2.05, 4.69) is 140 Å². The number of anilines is 6. The lowest BCUT2D eigenvalue weighted by molar-refractivity contribution is 0.593. The van der Waals surface area contributed by atoms with Crippen LogP contribution in [0.15, 0.2) is 158 Å². The molecule has 0 radical (unpaired) electrons. The Balaban J connectivity index is 0.000000139. The van der Waals surface area contributed by atoms with E-state index in [1.807, 2.05) is 102 Å². The van der Waals surface area contributed by atoms with Crippen molar-refractivity contribution in [1.82, 2.24) is 73.5 Å². The van der Waals surface area contributed by atoms with Gasteiger partial charge in [-0.3, -0.25) is 0 Å². The molecule has 0 atom stereocenters. The molecule has 9 aromatic heterocycles. The zero-order valence-electron chi connectivity index (χ0n) is 47.5. The standard InChI is InChI=1S/C21H22N6.C20H20N6O2S.C20H20N6S/c1-4-14-8-15(16-10-22-20(5-2)23-11-16)6-7-17(14)26-21-9-19-18(12-24-21)25-13-27(19)3;1-4-13-7-14(15-9-22-20(23-10-15)29(3,27)28)5-6-16(13)25-19-8-18-17(11-21-19)24-12-26(18)2;1-4-13-7-14(15-9-22-20(27-3)23-10-15)5-6-16(13)25-19-8-18-17(11-21-19)24-12-26(18)2/h6-13H,4-5H2,1-3H3,(H,24,26);5-12H,4H2,1-3H3,(H,21,25);5-12H,4H2,1-3H3,(H,21,25). The third-order valence-electron chi connectivity index (χ3n) is 13.9. The second kappa shape index (κ2) is 25.1. The third-order valence-corrected chi connectivity index (χ3v) is 15.3. The van der Waals surface area contributed by atoms with E-state index in [1.54, 1.807) is 49.3 Å². The van der Waals surface area contributed by atoms with Crippen molar-refractivity contribution >= 4 is 89.2 Å². The summed E-state index contributed by atoms with van der Waals surface area (Å²) >= 11 is 1.54. The molecule has 20 nitrogen and oxygen atoms in total. The van der Waals surface area contributed by atoms with Gasteiger partial charge in [0.05, 0.1) is 54.1 Å². The first-order valence-electron chi connectivity index (χ1n) is 26.9. The number of hydrogen-bond acceptors (Lipinski definition) is 18. The number of imidazole rings is 3. The zero-order valence-corrected chi connectivity index (χ0v) is 49.2. The summed E-state index contributed by atoms with van der Waals surface area (Å²) in [5.74, 6) is 3.22. The molecule has 0 spiro atoms. The SMILES string of the molecule is CCc1cc(-c2cnc(S(C)(=O)=O)nc2)ccc1Nc1cc2c(cn1)ncn2C.CCc1cc(-c2cnc(SC)nc2)ccc1Nc1cc2c(cn1)ncn2C.CCc1ncc(-c2ccc(Nc3cc4c(cn3)ncn4C)c(CC)c2)cn1. The summed E-state index contributed by atoms with van der Waals surface area (Å²) in [7, 11) is 2.50. The van der Waals surface area contributed by atoms with Crippen LogP contribution in [0.25, 0.3) is 66.5 Å². The van der Waals surface area contributed by atoms with Crippen molar-refractivity contribution in [3.8, 4) is 33.4 Å². The summed E-state index contributed by atoms with van der Waals surface area (Å²) in [5, 5.41) is 10.9. The van der Waals surface area contributed by atoms with E-state index in [9.17, 15) is 8.42 Å². The number of nitrogens with zero attached hydrogens (tertiary/aromatic N) is 15. The molecule has 22 heteroatoms. The average Bonchev–Trinajstić information content (AvgIpc) is 4.41. The quantitative estimate of drug-likeness (QED) is 0.0638. The number of rotatable bonds is 15. The smallest absolute Gasteiger partial charge is 0.246 e. The van der Waals surface area contributed by atoms with E-state index in [4.69, 9.17) is 0 Å². The van der Waals surface area contributed by atoms with Crippen molar-refractivity contribution in [2.75, 3.05) is 28.5 Å². The topological polar surface area (TPSA) is 240 Å². The Morgan fingerprint density at radius 3 is 1.06 bits per heavy atom. The lowest BCUT2D eigenvalue weighted by atomic mass is 10.0. The second-order valence-electron chi connectivity index (χ2n) is 19.5. The molecule has 0 unspecified atom stereocenters. The molecule has 0 aliphatic heterocycles. The zero-order chi connectivity index (χ0) is 58.2. The van der Waals surface area contributed by atoms with Crippen molar-refractivity contribution in [2.45, 2.75) is 63.7 Å². The number of sulfone groups is 1. The Labute approximate surface area is 485 Å². The molecule has 12 aromatic rings. The highest BCUT2D eigenvalue weighted by atomic mass is 32.2.